The van der Waals surface area contributed by atoms with Gasteiger partial charge in [-0.3, -0.25) is 0 Å². The van der Waals surface area contributed by atoms with Gasteiger partial charge < -0.3 is 24.8 Å². The monoisotopic (exact) mass is 402 g/mol. The van der Waals surface area contributed by atoms with Gasteiger partial charge in [0.2, 0.25) is 0 Å². The zero-order valence-electron chi connectivity index (χ0n) is 15.6. The average Bonchev–Trinajstić information content (AvgIpc) is 2.76. The molecule has 2 aliphatic rings. The van der Waals surface area contributed by atoms with Crippen LogP contribution in [0.3, 0.4) is 0 Å². The lowest BCUT2D eigenvalue weighted by molar-refractivity contribution is 0.122. The van der Waals surface area contributed by atoms with Gasteiger partial charge in [-0.15, -0.1) is 5.10 Å². The second kappa shape index (κ2) is 8.62. The molecule has 2 aromatic rings. The number of rotatable bonds is 3. The van der Waals surface area contributed by atoms with E-state index in [1.165, 1.54) is 0 Å². The van der Waals surface area contributed by atoms with Crippen molar-refractivity contribution in [1.82, 2.24) is 15.1 Å². The normalized spacial score (nSPS) is 17.5. The van der Waals surface area contributed by atoms with Gasteiger partial charge in [-0.25, -0.2) is 4.79 Å². The van der Waals surface area contributed by atoms with Crippen LogP contribution in [0.2, 0.25) is 5.02 Å². The Labute approximate surface area is 169 Å². The zero-order chi connectivity index (χ0) is 19.3. The van der Waals surface area contributed by atoms with E-state index in [4.69, 9.17) is 16.3 Å². The van der Waals surface area contributed by atoms with Gasteiger partial charge in [0.15, 0.2) is 5.82 Å². The SMILES string of the molecule is O=C(Nc1ccc(Cl)cc1)N1CCN(c2cnnc(N3CCOCC3)c2)CC1. The number of ether oxygens (including phenoxy) is 1. The van der Waals surface area contributed by atoms with Crippen LogP contribution in [0.1, 0.15) is 0 Å². The molecule has 0 aliphatic carbocycles. The molecular weight excluding hydrogens is 380 g/mol. The summed E-state index contributed by atoms with van der Waals surface area (Å²) in [5.74, 6) is 0.878. The van der Waals surface area contributed by atoms with Crippen molar-refractivity contribution < 1.29 is 9.53 Å². The van der Waals surface area contributed by atoms with Crippen LogP contribution in [0.5, 0.6) is 0 Å². The Morgan fingerprint density at radius 2 is 1.71 bits per heavy atom. The van der Waals surface area contributed by atoms with Crippen molar-refractivity contribution in [2.45, 2.75) is 0 Å². The topological polar surface area (TPSA) is 73.8 Å². The summed E-state index contributed by atoms with van der Waals surface area (Å²) in [7, 11) is 0. The molecule has 2 saturated heterocycles. The van der Waals surface area contributed by atoms with Crippen molar-refractivity contribution >= 4 is 34.8 Å². The van der Waals surface area contributed by atoms with E-state index in [0.717, 1.165) is 43.4 Å². The Hall–Kier alpha value is -2.58. The van der Waals surface area contributed by atoms with E-state index in [-0.39, 0.29) is 6.03 Å². The number of nitrogens with one attached hydrogen (secondary N) is 1. The molecule has 3 heterocycles. The molecule has 1 aromatic heterocycles. The van der Waals surface area contributed by atoms with Crippen molar-refractivity contribution in [3.8, 4) is 0 Å². The number of morpholine rings is 1. The maximum atomic E-state index is 12.5. The van der Waals surface area contributed by atoms with Gasteiger partial charge in [0.25, 0.3) is 0 Å². The maximum Gasteiger partial charge on any atom is 0.321 e. The van der Waals surface area contributed by atoms with Crippen LogP contribution >= 0.6 is 11.6 Å². The number of piperazine rings is 1. The van der Waals surface area contributed by atoms with Gasteiger partial charge in [-0.1, -0.05) is 11.6 Å². The summed E-state index contributed by atoms with van der Waals surface area (Å²) in [6.45, 7) is 5.89. The quantitative estimate of drug-likeness (QED) is 0.849. The molecular formula is C19H23ClN6O2. The Kier molecular flexibility index (Phi) is 5.78. The molecule has 1 N–H and O–H groups in total. The van der Waals surface area contributed by atoms with Crippen LogP contribution in [-0.2, 0) is 4.74 Å². The van der Waals surface area contributed by atoms with Gasteiger partial charge in [-0.2, -0.15) is 5.10 Å². The van der Waals surface area contributed by atoms with Crippen LogP contribution in [0.4, 0.5) is 22.0 Å². The van der Waals surface area contributed by atoms with Crippen LogP contribution in [-0.4, -0.2) is 73.6 Å². The lowest BCUT2D eigenvalue weighted by Crippen LogP contribution is -2.50. The standard InChI is InChI=1S/C19H23ClN6O2/c20-15-1-3-16(4-2-15)22-19(27)26-7-5-24(6-8-26)17-13-18(23-21-14-17)25-9-11-28-12-10-25/h1-4,13-14H,5-12H2,(H,22,27). The molecule has 0 spiro atoms. The molecule has 0 unspecified atom stereocenters. The number of benzene rings is 1. The summed E-state index contributed by atoms with van der Waals surface area (Å²) < 4.78 is 5.40. The third-order valence-corrected chi connectivity index (χ3v) is 5.24. The molecule has 1 aromatic carbocycles. The maximum absolute atomic E-state index is 12.5. The van der Waals surface area contributed by atoms with Crippen molar-refractivity contribution in [2.75, 3.05) is 67.6 Å². The highest BCUT2D eigenvalue weighted by atomic mass is 35.5. The van der Waals surface area contributed by atoms with Crippen LogP contribution < -0.4 is 15.1 Å². The Balaban J connectivity index is 1.33. The number of hydrogen-bond donors (Lipinski definition) is 1. The highest BCUT2D eigenvalue weighted by Gasteiger charge is 2.22. The van der Waals surface area contributed by atoms with Crippen molar-refractivity contribution in [2.24, 2.45) is 0 Å². The smallest absolute Gasteiger partial charge is 0.321 e. The Morgan fingerprint density at radius 1 is 1.00 bits per heavy atom. The first-order chi connectivity index (χ1) is 13.7. The van der Waals surface area contributed by atoms with Crippen LogP contribution in [0.25, 0.3) is 0 Å². The minimum atomic E-state index is -0.0937. The lowest BCUT2D eigenvalue weighted by atomic mass is 10.2. The van der Waals surface area contributed by atoms with E-state index in [0.29, 0.717) is 31.3 Å². The van der Waals surface area contributed by atoms with Gasteiger partial charge >= 0.3 is 6.03 Å². The number of hydrogen-bond acceptors (Lipinski definition) is 6. The molecule has 148 valence electrons. The molecule has 0 bridgehead atoms. The second-order valence-electron chi connectivity index (χ2n) is 6.78. The summed E-state index contributed by atoms with van der Waals surface area (Å²) in [5.41, 5.74) is 1.78. The van der Waals surface area contributed by atoms with Crippen LogP contribution in [0, 0.1) is 0 Å². The van der Waals surface area contributed by atoms with Gasteiger partial charge in [0.05, 0.1) is 25.1 Å². The predicted molar refractivity (Wildman–Crippen MR) is 109 cm³/mol. The summed E-state index contributed by atoms with van der Waals surface area (Å²) in [6, 6.07) is 9.10. The summed E-state index contributed by atoms with van der Waals surface area (Å²) in [6.07, 6.45) is 1.79. The molecule has 0 atom stereocenters. The summed E-state index contributed by atoms with van der Waals surface area (Å²) in [4.78, 5) is 18.7. The number of halogens is 1. The van der Waals surface area contributed by atoms with Crippen LogP contribution in [0.15, 0.2) is 36.5 Å². The first-order valence-corrected chi connectivity index (χ1v) is 9.79. The van der Waals surface area contributed by atoms with Crippen molar-refractivity contribution in [3.05, 3.63) is 41.6 Å². The van der Waals surface area contributed by atoms with E-state index in [9.17, 15) is 4.79 Å². The highest BCUT2D eigenvalue weighted by Crippen LogP contribution is 2.21. The molecule has 8 nitrogen and oxygen atoms in total. The number of carbonyl (C=O) groups is 1. The molecule has 2 amide bonds. The fourth-order valence-corrected chi connectivity index (χ4v) is 3.49. The molecule has 0 saturated carbocycles. The number of nitrogens with zero attached hydrogens (tertiary/aromatic N) is 5. The summed E-state index contributed by atoms with van der Waals surface area (Å²) >= 11 is 5.88. The van der Waals surface area contributed by atoms with E-state index < -0.39 is 0 Å². The average molecular weight is 403 g/mol. The fourth-order valence-electron chi connectivity index (χ4n) is 3.37. The molecule has 2 aliphatic heterocycles. The third-order valence-electron chi connectivity index (χ3n) is 4.99. The minimum Gasteiger partial charge on any atom is -0.378 e. The molecule has 28 heavy (non-hydrogen) atoms. The lowest BCUT2D eigenvalue weighted by Gasteiger charge is -2.36. The van der Waals surface area contributed by atoms with E-state index in [2.05, 4.69) is 31.4 Å². The highest BCUT2D eigenvalue weighted by molar-refractivity contribution is 6.30. The molecule has 9 heteroatoms. The number of aromatic nitrogens is 2. The predicted octanol–water partition coefficient (Wildman–Crippen LogP) is 2.32. The number of amides is 2. The first-order valence-electron chi connectivity index (χ1n) is 9.41. The van der Waals surface area contributed by atoms with E-state index >= 15 is 0 Å². The number of urea groups is 1. The Bertz CT molecular complexity index is 804. The fraction of sp³-hybridized carbons (Fsp3) is 0.421. The van der Waals surface area contributed by atoms with Gasteiger partial charge in [0, 0.05) is 56.0 Å². The van der Waals surface area contributed by atoms with Crippen molar-refractivity contribution in [3.63, 3.8) is 0 Å². The zero-order valence-corrected chi connectivity index (χ0v) is 16.3. The second-order valence-corrected chi connectivity index (χ2v) is 7.22. The van der Waals surface area contributed by atoms with Gasteiger partial charge in [0.1, 0.15) is 0 Å². The number of anilines is 3. The summed E-state index contributed by atoms with van der Waals surface area (Å²) in [5, 5.41) is 12.0. The van der Waals surface area contributed by atoms with E-state index in [1.807, 2.05) is 4.90 Å². The van der Waals surface area contributed by atoms with E-state index in [1.54, 1.807) is 30.5 Å². The largest absolute Gasteiger partial charge is 0.378 e. The first kappa shape index (κ1) is 18.8. The molecule has 0 radical (unpaired) electrons. The van der Waals surface area contributed by atoms with Crippen molar-refractivity contribution in [1.29, 1.82) is 0 Å². The third kappa shape index (κ3) is 4.45. The van der Waals surface area contributed by atoms with Gasteiger partial charge in [-0.05, 0) is 24.3 Å². The molecule has 4 rings (SSSR count). The molecule has 2 fully saturated rings. The number of carbonyl (C=O) groups excluding carboxylic acids is 1. The Morgan fingerprint density at radius 3 is 2.43 bits per heavy atom. The minimum absolute atomic E-state index is 0.0937.